The second kappa shape index (κ2) is 7.47. The number of aromatic nitrogens is 1. The number of nitrogens with zero attached hydrogens (tertiary/aromatic N) is 2. The standard InChI is InChI=1S/C16H20FN3OS.ClH/c1-21-13-4-2-3-12(9-13)16(17)5-7-20(8-6-16)11-14-10-19-15(18)22-14;/h2-4,9-10H,5-8,11H2,1H3,(H2,18,19);1H. The van der Waals surface area contributed by atoms with Crippen LogP contribution in [0.3, 0.4) is 0 Å². The van der Waals surface area contributed by atoms with Crippen LogP contribution in [0.2, 0.25) is 0 Å². The van der Waals surface area contributed by atoms with E-state index in [1.54, 1.807) is 19.4 Å². The summed E-state index contributed by atoms with van der Waals surface area (Å²) in [5, 5.41) is 0.586. The number of alkyl halides is 1. The Morgan fingerprint density at radius 2 is 2.13 bits per heavy atom. The van der Waals surface area contributed by atoms with Crippen molar-refractivity contribution in [2.24, 2.45) is 0 Å². The summed E-state index contributed by atoms with van der Waals surface area (Å²) in [6.07, 6.45) is 2.79. The fourth-order valence-electron chi connectivity index (χ4n) is 2.87. The first-order chi connectivity index (χ1) is 10.6. The van der Waals surface area contributed by atoms with E-state index in [1.165, 1.54) is 11.3 Å². The Hall–Kier alpha value is -1.37. The van der Waals surface area contributed by atoms with Gasteiger partial charge in [-0.2, -0.15) is 0 Å². The number of hydrogen-bond acceptors (Lipinski definition) is 5. The van der Waals surface area contributed by atoms with Crippen molar-refractivity contribution in [2.75, 3.05) is 25.9 Å². The van der Waals surface area contributed by atoms with E-state index in [9.17, 15) is 0 Å². The number of likely N-dealkylation sites (tertiary alicyclic amines) is 1. The van der Waals surface area contributed by atoms with Crippen molar-refractivity contribution in [3.8, 4) is 5.75 Å². The Morgan fingerprint density at radius 3 is 2.74 bits per heavy atom. The zero-order valence-electron chi connectivity index (χ0n) is 13.0. The minimum atomic E-state index is -1.27. The zero-order chi connectivity index (χ0) is 15.6. The van der Waals surface area contributed by atoms with Crippen LogP contribution in [-0.2, 0) is 12.2 Å². The molecule has 0 bridgehead atoms. The predicted octanol–water partition coefficient (Wildman–Crippen LogP) is 3.62. The first kappa shape index (κ1) is 18.0. The molecular weight excluding hydrogens is 337 g/mol. The van der Waals surface area contributed by atoms with Crippen molar-refractivity contribution in [3.05, 3.63) is 40.9 Å². The van der Waals surface area contributed by atoms with E-state index in [4.69, 9.17) is 10.5 Å². The number of anilines is 1. The first-order valence-electron chi connectivity index (χ1n) is 7.35. The number of rotatable bonds is 4. The van der Waals surface area contributed by atoms with Gasteiger partial charge in [0.25, 0.3) is 0 Å². The van der Waals surface area contributed by atoms with Crippen LogP contribution < -0.4 is 10.5 Å². The molecule has 2 heterocycles. The number of nitrogens with two attached hydrogens (primary N) is 1. The molecule has 1 aliphatic heterocycles. The number of halogens is 2. The van der Waals surface area contributed by atoms with E-state index in [0.29, 0.717) is 29.3 Å². The van der Waals surface area contributed by atoms with E-state index in [0.717, 1.165) is 24.5 Å². The van der Waals surface area contributed by atoms with Crippen molar-refractivity contribution in [3.63, 3.8) is 0 Å². The zero-order valence-corrected chi connectivity index (χ0v) is 14.6. The minimum absolute atomic E-state index is 0. The van der Waals surface area contributed by atoms with Gasteiger partial charge in [-0.05, 0) is 30.5 Å². The van der Waals surface area contributed by atoms with Gasteiger partial charge >= 0.3 is 0 Å². The number of nitrogen functional groups attached to an aromatic ring is 1. The molecular formula is C16H21ClFN3OS. The van der Waals surface area contributed by atoms with Crippen LogP contribution in [0.25, 0.3) is 0 Å². The predicted molar refractivity (Wildman–Crippen MR) is 94.1 cm³/mol. The number of hydrogen-bond donors (Lipinski definition) is 1. The molecule has 1 saturated heterocycles. The normalized spacial score (nSPS) is 17.5. The highest BCUT2D eigenvalue weighted by Gasteiger charge is 2.36. The van der Waals surface area contributed by atoms with Gasteiger partial charge in [-0.15, -0.1) is 23.7 Å². The number of ether oxygens (including phenoxy) is 1. The van der Waals surface area contributed by atoms with Gasteiger partial charge in [0, 0.05) is 30.7 Å². The minimum Gasteiger partial charge on any atom is -0.497 e. The summed E-state index contributed by atoms with van der Waals surface area (Å²) < 4.78 is 20.4. The summed E-state index contributed by atoms with van der Waals surface area (Å²) in [5.41, 5.74) is 5.10. The molecule has 7 heteroatoms. The third-order valence-corrected chi connectivity index (χ3v) is 5.00. The second-order valence-electron chi connectivity index (χ2n) is 5.64. The van der Waals surface area contributed by atoms with Gasteiger partial charge in [-0.3, -0.25) is 4.90 Å². The van der Waals surface area contributed by atoms with Crippen LogP contribution in [0.4, 0.5) is 9.52 Å². The van der Waals surface area contributed by atoms with Gasteiger partial charge in [0.05, 0.1) is 7.11 Å². The van der Waals surface area contributed by atoms with E-state index in [-0.39, 0.29) is 12.4 Å². The lowest BCUT2D eigenvalue weighted by molar-refractivity contribution is 0.0528. The fourth-order valence-corrected chi connectivity index (χ4v) is 3.60. The van der Waals surface area contributed by atoms with Crippen LogP contribution in [-0.4, -0.2) is 30.1 Å². The highest BCUT2D eigenvalue weighted by atomic mass is 35.5. The summed E-state index contributed by atoms with van der Waals surface area (Å²) >= 11 is 1.50. The topological polar surface area (TPSA) is 51.4 Å². The van der Waals surface area contributed by atoms with Crippen LogP contribution in [0, 0.1) is 0 Å². The third kappa shape index (κ3) is 4.13. The van der Waals surface area contributed by atoms with E-state index < -0.39 is 5.67 Å². The molecule has 4 nitrogen and oxygen atoms in total. The highest BCUT2D eigenvalue weighted by molar-refractivity contribution is 7.15. The molecule has 126 valence electrons. The Bertz CT molecular complexity index is 644. The molecule has 1 fully saturated rings. The summed E-state index contributed by atoms with van der Waals surface area (Å²) in [4.78, 5) is 7.44. The SMILES string of the molecule is COc1cccc(C2(F)CCN(Cc3cnc(N)s3)CC2)c1.Cl. The molecule has 2 aromatic rings. The Kier molecular flexibility index (Phi) is 5.84. The smallest absolute Gasteiger partial charge is 0.180 e. The maximum absolute atomic E-state index is 15.2. The maximum Gasteiger partial charge on any atom is 0.180 e. The molecule has 0 unspecified atom stereocenters. The van der Waals surface area contributed by atoms with Crippen molar-refractivity contribution in [1.82, 2.24) is 9.88 Å². The van der Waals surface area contributed by atoms with Gasteiger partial charge in [0.15, 0.2) is 5.13 Å². The van der Waals surface area contributed by atoms with Crippen LogP contribution in [0.1, 0.15) is 23.3 Å². The van der Waals surface area contributed by atoms with E-state index in [2.05, 4.69) is 9.88 Å². The molecule has 0 saturated carbocycles. The van der Waals surface area contributed by atoms with Crippen LogP contribution in [0.5, 0.6) is 5.75 Å². The molecule has 23 heavy (non-hydrogen) atoms. The fraction of sp³-hybridized carbons (Fsp3) is 0.438. The lowest BCUT2D eigenvalue weighted by atomic mass is 9.86. The molecule has 0 spiro atoms. The molecule has 3 rings (SSSR count). The molecule has 1 aromatic carbocycles. The van der Waals surface area contributed by atoms with Crippen molar-refractivity contribution < 1.29 is 9.13 Å². The largest absolute Gasteiger partial charge is 0.497 e. The van der Waals surface area contributed by atoms with Gasteiger partial charge in [0.1, 0.15) is 11.4 Å². The summed E-state index contributed by atoms with van der Waals surface area (Å²) in [5.74, 6) is 0.706. The Labute approximate surface area is 145 Å². The third-order valence-electron chi connectivity index (χ3n) is 4.19. The van der Waals surface area contributed by atoms with E-state index >= 15 is 4.39 Å². The highest BCUT2D eigenvalue weighted by Crippen LogP contribution is 2.38. The molecule has 2 N–H and O–H groups in total. The molecule has 0 aliphatic carbocycles. The number of methoxy groups -OCH3 is 1. The van der Waals surface area contributed by atoms with Gasteiger partial charge in [-0.25, -0.2) is 9.37 Å². The molecule has 0 atom stereocenters. The van der Waals surface area contributed by atoms with E-state index in [1.807, 2.05) is 18.2 Å². The maximum atomic E-state index is 15.2. The lowest BCUT2D eigenvalue weighted by Crippen LogP contribution is -2.39. The van der Waals surface area contributed by atoms with Gasteiger partial charge in [-0.1, -0.05) is 12.1 Å². The van der Waals surface area contributed by atoms with Crippen molar-refractivity contribution in [1.29, 1.82) is 0 Å². The molecule has 1 aromatic heterocycles. The number of benzene rings is 1. The van der Waals surface area contributed by atoms with Gasteiger partial charge < -0.3 is 10.5 Å². The van der Waals surface area contributed by atoms with Crippen LogP contribution in [0.15, 0.2) is 30.5 Å². The molecule has 0 amide bonds. The van der Waals surface area contributed by atoms with Gasteiger partial charge in [0.2, 0.25) is 0 Å². The average molecular weight is 358 g/mol. The summed E-state index contributed by atoms with van der Waals surface area (Å²) in [6, 6.07) is 7.35. The van der Waals surface area contributed by atoms with Crippen molar-refractivity contribution >= 4 is 28.9 Å². The van der Waals surface area contributed by atoms with Crippen LogP contribution >= 0.6 is 23.7 Å². The quantitative estimate of drug-likeness (QED) is 0.908. The summed E-state index contributed by atoms with van der Waals surface area (Å²) in [6.45, 7) is 2.25. The Morgan fingerprint density at radius 1 is 1.39 bits per heavy atom. The van der Waals surface area contributed by atoms with Crippen molar-refractivity contribution in [2.45, 2.75) is 25.1 Å². The Balaban J connectivity index is 0.00000192. The monoisotopic (exact) mass is 357 g/mol. The first-order valence-corrected chi connectivity index (χ1v) is 8.17. The summed E-state index contributed by atoms with van der Waals surface area (Å²) in [7, 11) is 1.60. The second-order valence-corrected chi connectivity index (χ2v) is 6.78. The molecule has 0 radical (unpaired) electrons. The molecule has 1 aliphatic rings. The number of piperidine rings is 1. The average Bonchev–Trinajstić information content (AvgIpc) is 2.95. The lowest BCUT2D eigenvalue weighted by Gasteiger charge is -2.36. The number of thiazole rings is 1.